The molecule has 1 amide bonds. The van der Waals surface area contributed by atoms with Crippen LogP contribution >= 0.6 is 11.6 Å². The van der Waals surface area contributed by atoms with Crippen LogP contribution in [0.15, 0.2) is 18.3 Å². The van der Waals surface area contributed by atoms with Crippen LogP contribution in [0.4, 0.5) is 10.2 Å². The molecule has 0 spiro atoms. The summed E-state index contributed by atoms with van der Waals surface area (Å²) in [7, 11) is 1.80. The van der Waals surface area contributed by atoms with E-state index in [2.05, 4.69) is 15.4 Å². The van der Waals surface area contributed by atoms with Crippen molar-refractivity contribution in [2.24, 2.45) is 7.05 Å². The Morgan fingerprint density at radius 2 is 2.08 bits per heavy atom. The molecule has 2 aromatic heterocycles. The summed E-state index contributed by atoms with van der Waals surface area (Å²) in [5.41, 5.74) is 1.35. The Balaban J connectivity index is 1.58. The topological polar surface area (TPSA) is 63.1 Å². The number of aryl methyl sites for hydroxylation is 2. The van der Waals surface area contributed by atoms with Gasteiger partial charge in [-0.05, 0) is 31.9 Å². The average Bonchev–Trinajstić information content (AvgIpc) is 2.88. The van der Waals surface area contributed by atoms with Gasteiger partial charge in [-0.25, -0.2) is 9.37 Å². The maximum Gasteiger partial charge on any atom is 0.272 e. The van der Waals surface area contributed by atoms with Gasteiger partial charge in [0.1, 0.15) is 5.69 Å². The standard InChI is InChI=1S/C16H19ClFN5O/c1-10-7-14(21-22(10)2)16(24)20-12-3-5-23(6-4-12)15-13(18)8-11(17)9-19-15/h7-9,12H,3-6H2,1-2H3,(H,20,24). The molecule has 0 aliphatic carbocycles. The summed E-state index contributed by atoms with van der Waals surface area (Å²) >= 11 is 5.73. The predicted molar refractivity (Wildman–Crippen MR) is 89.9 cm³/mol. The minimum absolute atomic E-state index is 0.0476. The highest BCUT2D eigenvalue weighted by molar-refractivity contribution is 6.30. The van der Waals surface area contributed by atoms with E-state index in [0.29, 0.717) is 24.6 Å². The van der Waals surface area contributed by atoms with E-state index in [4.69, 9.17) is 11.6 Å². The molecule has 6 nitrogen and oxygen atoms in total. The van der Waals surface area contributed by atoms with Crippen molar-refractivity contribution in [2.75, 3.05) is 18.0 Å². The number of nitrogens with one attached hydrogen (secondary N) is 1. The maximum atomic E-state index is 13.9. The summed E-state index contributed by atoms with van der Waals surface area (Å²) < 4.78 is 15.6. The fraction of sp³-hybridized carbons (Fsp3) is 0.438. The van der Waals surface area contributed by atoms with Gasteiger partial charge in [0.15, 0.2) is 11.6 Å². The molecule has 3 rings (SSSR count). The molecule has 3 heterocycles. The number of pyridine rings is 1. The van der Waals surface area contributed by atoms with Gasteiger partial charge in [-0.1, -0.05) is 11.6 Å². The molecule has 0 unspecified atom stereocenters. The van der Waals surface area contributed by atoms with Crippen molar-refractivity contribution >= 4 is 23.3 Å². The Hall–Kier alpha value is -2.15. The monoisotopic (exact) mass is 351 g/mol. The molecule has 0 bridgehead atoms. The lowest BCUT2D eigenvalue weighted by Gasteiger charge is -2.33. The molecule has 1 aliphatic heterocycles. The zero-order chi connectivity index (χ0) is 17.3. The van der Waals surface area contributed by atoms with E-state index in [1.165, 1.54) is 12.3 Å². The first-order valence-corrected chi connectivity index (χ1v) is 8.19. The second kappa shape index (κ2) is 6.76. The quantitative estimate of drug-likeness (QED) is 0.921. The van der Waals surface area contributed by atoms with Gasteiger partial charge >= 0.3 is 0 Å². The van der Waals surface area contributed by atoms with Crippen molar-refractivity contribution in [3.05, 3.63) is 40.6 Å². The van der Waals surface area contributed by atoms with Crippen molar-refractivity contribution in [3.63, 3.8) is 0 Å². The highest BCUT2D eigenvalue weighted by atomic mass is 35.5. The van der Waals surface area contributed by atoms with Crippen LogP contribution in [0.5, 0.6) is 0 Å². The van der Waals surface area contributed by atoms with E-state index in [0.717, 1.165) is 18.5 Å². The second-order valence-electron chi connectivity index (χ2n) is 5.99. The normalized spacial score (nSPS) is 15.6. The number of anilines is 1. The van der Waals surface area contributed by atoms with Crippen LogP contribution in [-0.2, 0) is 7.05 Å². The SMILES string of the molecule is Cc1cc(C(=O)NC2CCN(c3ncc(Cl)cc3F)CC2)nn1C. The largest absolute Gasteiger partial charge is 0.354 e. The molecule has 1 fully saturated rings. The fourth-order valence-electron chi connectivity index (χ4n) is 2.81. The summed E-state index contributed by atoms with van der Waals surface area (Å²) in [6, 6.07) is 3.07. The lowest BCUT2D eigenvalue weighted by Crippen LogP contribution is -2.45. The molecule has 8 heteroatoms. The first kappa shape index (κ1) is 16.7. The zero-order valence-corrected chi connectivity index (χ0v) is 14.3. The number of hydrogen-bond acceptors (Lipinski definition) is 4. The van der Waals surface area contributed by atoms with Gasteiger partial charge in [0.05, 0.1) is 5.02 Å². The summed E-state index contributed by atoms with van der Waals surface area (Å²) in [6.07, 6.45) is 2.89. The smallest absolute Gasteiger partial charge is 0.272 e. The number of carbonyl (C=O) groups excluding carboxylic acids is 1. The van der Waals surface area contributed by atoms with Crippen LogP contribution in [0, 0.1) is 12.7 Å². The van der Waals surface area contributed by atoms with Gasteiger partial charge in [0.2, 0.25) is 0 Å². The van der Waals surface area contributed by atoms with Crippen LogP contribution < -0.4 is 10.2 Å². The highest BCUT2D eigenvalue weighted by Crippen LogP contribution is 2.23. The highest BCUT2D eigenvalue weighted by Gasteiger charge is 2.24. The average molecular weight is 352 g/mol. The van der Waals surface area contributed by atoms with E-state index in [1.54, 1.807) is 17.8 Å². The zero-order valence-electron chi connectivity index (χ0n) is 13.6. The molecule has 0 radical (unpaired) electrons. The molecular formula is C16H19ClFN5O. The van der Waals surface area contributed by atoms with Crippen molar-refractivity contribution < 1.29 is 9.18 Å². The van der Waals surface area contributed by atoms with Crippen molar-refractivity contribution in [2.45, 2.75) is 25.8 Å². The van der Waals surface area contributed by atoms with Gasteiger partial charge in [0, 0.05) is 38.1 Å². The summed E-state index contributed by atoms with van der Waals surface area (Å²) in [6.45, 7) is 3.14. The Kier molecular flexibility index (Phi) is 4.71. The Bertz CT molecular complexity index is 735. The number of rotatable bonds is 3. The van der Waals surface area contributed by atoms with E-state index >= 15 is 0 Å². The molecule has 0 aromatic carbocycles. The van der Waals surface area contributed by atoms with Crippen molar-refractivity contribution in [1.29, 1.82) is 0 Å². The molecule has 0 saturated carbocycles. The molecule has 128 valence electrons. The number of amides is 1. The third-order valence-electron chi connectivity index (χ3n) is 4.26. The third-order valence-corrected chi connectivity index (χ3v) is 4.47. The van der Waals surface area contributed by atoms with E-state index in [9.17, 15) is 9.18 Å². The first-order chi connectivity index (χ1) is 11.4. The lowest BCUT2D eigenvalue weighted by atomic mass is 10.0. The van der Waals surface area contributed by atoms with E-state index in [-0.39, 0.29) is 17.0 Å². The van der Waals surface area contributed by atoms with Gasteiger partial charge < -0.3 is 10.2 Å². The molecule has 2 aromatic rings. The molecular weight excluding hydrogens is 333 g/mol. The summed E-state index contributed by atoms with van der Waals surface area (Å²) in [4.78, 5) is 18.2. The third kappa shape index (κ3) is 3.51. The van der Waals surface area contributed by atoms with E-state index < -0.39 is 5.82 Å². The van der Waals surface area contributed by atoms with Crippen LogP contribution in [-0.4, -0.2) is 39.8 Å². The Morgan fingerprint density at radius 1 is 1.38 bits per heavy atom. The molecule has 0 atom stereocenters. The molecule has 1 aliphatic rings. The lowest BCUT2D eigenvalue weighted by molar-refractivity contribution is 0.0925. The maximum absolute atomic E-state index is 13.9. The summed E-state index contributed by atoms with van der Waals surface area (Å²) in [5, 5.41) is 7.46. The number of hydrogen-bond donors (Lipinski definition) is 1. The molecule has 1 N–H and O–H groups in total. The van der Waals surface area contributed by atoms with E-state index in [1.807, 2.05) is 11.8 Å². The van der Waals surface area contributed by atoms with Crippen molar-refractivity contribution in [1.82, 2.24) is 20.1 Å². The first-order valence-electron chi connectivity index (χ1n) is 7.81. The Labute approximate surface area is 144 Å². The molecule has 24 heavy (non-hydrogen) atoms. The molecule has 1 saturated heterocycles. The summed E-state index contributed by atoms with van der Waals surface area (Å²) in [5.74, 6) is -0.286. The van der Waals surface area contributed by atoms with Gasteiger partial charge in [-0.3, -0.25) is 9.48 Å². The number of nitrogens with zero attached hydrogens (tertiary/aromatic N) is 4. The number of aromatic nitrogens is 3. The van der Waals surface area contributed by atoms with Gasteiger partial charge in [-0.15, -0.1) is 0 Å². The Morgan fingerprint density at radius 3 is 2.67 bits per heavy atom. The van der Waals surface area contributed by atoms with Crippen LogP contribution in [0.3, 0.4) is 0 Å². The second-order valence-corrected chi connectivity index (χ2v) is 6.42. The fourth-order valence-corrected chi connectivity index (χ4v) is 2.95. The minimum atomic E-state index is -0.422. The van der Waals surface area contributed by atoms with Crippen LogP contribution in [0.2, 0.25) is 5.02 Å². The van der Waals surface area contributed by atoms with Crippen LogP contribution in [0.1, 0.15) is 29.0 Å². The number of piperidine rings is 1. The minimum Gasteiger partial charge on any atom is -0.354 e. The predicted octanol–water partition coefficient (Wildman–Crippen LogP) is 2.31. The number of halogens is 2. The number of carbonyl (C=O) groups is 1. The van der Waals surface area contributed by atoms with Gasteiger partial charge in [-0.2, -0.15) is 5.10 Å². The van der Waals surface area contributed by atoms with Gasteiger partial charge in [0.25, 0.3) is 5.91 Å². The van der Waals surface area contributed by atoms with Crippen LogP contribution in [0.25, 0.3) is 0 Å². The van der Waals surface area contributed by atoms with Crippen molar-refractivity contribution in [3.8, 4) is 0 Å².